The van der Waals surface area contributed by atoms with Crippen molar-refractivity contribution in [3.05, 3.63) is 24.3 Å². The van der Waals surface area contributed by atoms with E-state index in [1.165, 1.54) is 10.6 Å². The number of para-hydroxylation sites is 1. The van der Waals surface area contributed by atoms with Gasteiger partial charge in [0.1, 0.15) is 0 Å². The molecule has 0 unspecified atom stereocenters. The van der Waals surface area contributed by atoms with Crippen molar-refractivity contribution in [3.63, 3.8) is 0 Å². The zero-order valence-corrected chi connectivity index (χ0v) is 9.90. The molecule has 0 aliphatic carbocycles. The van der Waals surface area contributed by atoms with E-state index in [2.05, 4.69) is 30.1 Å². The smallest absolute Gasteiger partial charge is 0.0765 e. The van der Waals surface area contributed by atoms with Crippen molar-refractivity contribution in [2.75, 3.05) is 5.75 Å². The minimum absolute atomic E-state index is 1.06. The molecule has 0 N–H and O–H groups in total. The summed E-state index contributed by atoms with van der Waals surface area (Å²) >= 11 is 1.89. The highest BCUT2D eigenvalue weighted by Crippen LogP contribution is 2.33. The molecule has 1 nitrogen and oxygen atoms in total. The lowest BCUT2D eigenvalue weighted by molar-refractivity contribution is 1.23. The Labute approximate surface area is 90.6 Å². The van der Waals surface area contributed by atoms with Gasteiger partial charge in [-0.05, 0) is 18.6 Å². The van der Waals surface area contributed by atoms with Crippen LogP contribution in [-0.4, -0.2) is 11.5 Å². The van der Waals surface area contributed by atoms with Crippen LogP contribution in [0.15, 0.2) is 34.2 Å². The summed E-state index contributed by atoms with van der Waals surface area (Å²) in [5.74, 6) is 1.06. The molecule has 2 heteroatoms. The fourth-order valence-corrected chi connectivity index (χ4v) is 2.24. The first kappa shape index (κ1) is 11.3. The Kier molecular flexibility index (Phi) is 4.74. The molecule has 1 aromatic rings. The Hall–Kier alpha value is -0.760. The van der Waals surface area contributed by atoms with E-state index < -0.39 is 0 Å². The summed E-state index contributed by atoms with van der Waals surface area (Å²) in [6, 6.07) is 8.33. The SMILES string of the molecule is CC.CCC1=Nc2ccccc2SC1. The van der Waals surface area contributed by atoms with Crippen molar-refractivity contribution in [2.45, 2.75) is 32.1 Å². The van der Waals surface area contributed by atoms with Crippen LogP contribution in [0, 0.1) is 0 Å². The molecule has 76 valence electrons. The largest absolute Gasteiger partial charge is 0.256 e. The number of benzene rings is 1. The van der Waals surface area contributed by atoms with Crippen LogP contribution in [0.4, 0.5) is 5.69 Å². The van der Waals surface area contributed by atoms with Gasteiger partial charge in [0.05, 0.1) is 5.69 Å². The number of nitrogens with zero attached hydrogens (tertiary/aromatic N) is 1. The third kappa shape index (κ3) is 2.61. The topological polar surface area (TPSA) is 12.4 Å². The lowest BCUT2D eigenvalue weighted by Gasteiger charge is -2.12. The summed E-state index contributed by atoms with van der Waals surface area (Å²) in [6.07, 6.45) is 1.07. The number of hydrogen-bond donors (Lipinski definition) is 0. The maximum Gasteiger partial charge on any atom is 0.0765 e. The van der Waals surface area contributed by atoms with E-state index >= 15 is 0 Å². The van der Waals surface area contributed by atoms with Crippen molar-refractivity contribution in [1.29, 1.82) is 0 Å². The van der Waals surface area contributed by atoms with E-state index in [9.17, 15) is 0 Å². The lowest BCUT2D eigenvalue weighted by Crippen LogP contribution is -2.02. The molecule has 0 atom stereocenters. The van der Waals surface area contributed by atoms with Crippen LogP contribution >= 0.6 is 11.8 Å². The van der Waals surface area contributed by atoms with Gasteiger partial charge >= 0.3 is 0 Å². The van der Waals surface area contributed by atoms with Crippen molar-refractivity contribution in [2.24, 2.45) is 4.99 Å². The standard InChI is InChI=1S/C10H11NS.C2H6/c1-2-8-7-12-10-6-4-3-5-9(10)11-8;1-2/h3-6H,2,7H2,1H3;1-2H3. The Morgan fingerprint density at radius 1 is 1.29 bits per heavy atom. The van der Waals surface area contributed by atoms with E-state index in [1.54, 1.807) is 0 Å². The third-order valence-corrected chi connectivity index (χ3v) is 3.08. The minimum Gasteiger partial charge on any atom is -0.256 e. The van der Waals surface area contributed by atoms with Gasteiger partial charge < -0.3 is 0 Å². The van der Waals surface area contributed by atoms with Crippen LogP contribution in [0.25, 0.3) is 0 Å². The highest BCUT2D eigenvalue weighted by atomic mass is 32.2. The fraction of sp³-hybridized carbons (Fsp3) is 0.417. The number of rotatable bonds is 1. The molecule has 0 aromatic heterocycles. The Morgan fingerprint density at radius 3 is 2.71 bits per heavy atom. The molecule has 0 radical (unpaired) electrons. The predicted octanol–water partition coefficient (Wildman–Crippen LogP) is 4.30. The van der Waals surface area contributed by atoms with Crippen LogP contribution in [0.5, 0.6) is 0 Å². The zero-order chi connectivity index (χ0) is 10.4. The quantitative estimate of drug-likeness (QED) is 0.668. The molecular formula is C12H17NS. The zero-order valence-electron chi connectivity index (χ0n) is 9.08. The number of thioether (sulfide) groups is 1. The van der Waals surface area contributed by atoms with Gasteiger partial charge in [-0.15, -0.1) is 11.8 Å². The second kappa shape index (κ2) is 5.86. The summed E-state index contributed by atoms with van der Waals surface area (Å²) in [5.41, 5.74) is 2.45. The molecule has 0 bridgehead atoms. The van der Waals surface area contributed by atoms with Crippen molar-refractivity contribution in [3.8, 4) is 0 Å². The van der Waals surface area contributed by atoms with E-state index in [-0.39, 0.29) is 0 Å². The summed E-state index contributed by atoms with van der Waals surface area (Å²) in [5, 5.41) is 0. The molecule has 1 aliphatic heterocycles. The molecule has 0 fully saturated rings. The van der Waals surface area contributed by atoms with Gasteiger partial charge in [0, 0.05) is 16.4 Å². The summed E-state index contributed by atoms with van der Waals surface area (Å²) in [7, 11) is 0. The average Bonchev–Trinajstić information content (AvgIpc) is 2.31. The molecule has 0 amide bonds. The molecule has 14 heavy (non-hydrogen) atoms. The van der Waals surface area contributed by atoms with Gasteiger partial charge in [0.25, 0.3) is 0 Å². The second-order valence-electron chi connectivity index (χ2n) is 2.79. The lowest BCUT2D eigenvalue weighted by atomic mass is 10.3. The fourth-order valence-electron chi connectivity index (χ4n) is 1.22. The average molecular weight is 207 g/mol. The summed E-state index contributed by atoms with van der Waals surface area (Å²) in [6.45, 7) is 6.16. The van der Waals surface area contributed by atoms with Gasteiger partial charge in [0.2, 0.25) is 0 Å². The van der Waals surface area contributed by atoms with Crippen LogP contribution in [-0.2, 0) is 0 Å². The van der Waals surface area contributed by atoms with Crippen molar-refractivity contribution < 1.29 is 0 Å². The molecule has 0 saturated heterocycles. The molecule has 0 spiro atoms. The van der Waals surface area contributed by atoms with Crippen LogP contribution in [0.3, 0.4) is 0 Å². The summed E-state index contributed by atoms with van der Waals surface area (Å²) < 4.78 is 0. The van der Waals surface area contributed by atoms with E-state index in [4.69, 9.17) is 0 Å². The van der Waals surface area contributed by atoms with Gasteiger partial charge in [-0.3, -0.25) is 4.99 Å². The Bertz CT molecular complexity index is 318. The highest BCUT2D eigenvalue weighted by molar-refractivity contribution is 8.00. The van der Waals surface area contributed by atoms with E-state index in [1.807, 2.05) is 31.7 Å². The maximum absolute atomic E-state index is 4.56. The number of fused-ring (bicyclic) bond motifs is 1. The minimum atomic E-state index is 1.06. The Balaban J connectivity index is 0.000000461. The molecule has 1 aromatic carbocycles. The van der Waals surface area contributed by atoms with Crippen LogP contribution in [0.1, 0.15) is 27.2 Å². The first-order valence-electron chi connectivity index (χ1n) is 5.18. The second-order valence-corrected chi connectivity index (χ2v) is 3.81. The van der Waals surface area contributed by atoms with Crippen molar-refractivity contribution in [1.82, 2.24) is 0 Å². The van der Waals surface area contributed by atoms with Crippen LogP contribution in [0.2, 0.25) is 0 Å². The maximum atomic E-state index is 4.56. The first-order valence-corrected chi connectivity index (χ1v) is 6.17. The third-order valence-electron chi connectivity index (χ3n) is 1.95. The number of aliphatic imine (C=N–C) groups is 1. The van der Waals surface area contributed by atoms with Gasteiger partial charge in [-0.2, -0.15) is 0 Å². The van der Waals surface area contributed by atoms with E-state index in [0.717, 1.165) is 17.9 Å². The molecule has 1 heterocycles. The predicted molar refractivity (Wildman–Crippen MR) is 65.9 cm³/mol. The molecule has 2 rings (SSSR count). The van der Waals surface area contributed by atoms with Gasteiger partial charge in [0.15, 0.2) is 0 Å². The van der Waals surface area contributed by atoms with E-state index in [0.29, 0.717) is 0 Å². The molecular weight excluding hydrogens is 190 g/mol. The monoisotopic (exact) mass is 207 g/mol. The highest BCUT2D eigenvalue weighted by Gasteiger charge is 2.09. The normalized spacial score (nSPS) is 13.5. The summed E-state index contributed by atoms with van der Waals surface area (Å²) in [4.78, 5) is 5.87. The molecule has 1 aliphatic rings. The van der Waals surface area contributed by atoms with Gasteiger partial charge in [-0.1, -0.05) is 32.9 Å². The van der Waals surface area contributed by atoms with Crippen molar-refractivity contribution >= 4 is 23.2 Å². The molecule has 0 saturated carbocycles. The van der Waals surface area contributed by atoms with Crippen LogP contribution < -0.4 is 0 Å². The first-order chi connectivity index (χ1) is 6.90. The Morgan fingerprint density at radius 2 is 2.00 bits per heavy atom. The number of hydrogen-bond acceptors (Lipinski definition) is 2. The van der Waals surface area contributed by atoms with Gasteiger partial charge in [-0.25, -0.2) is 0 Å².